The van der Waals surface area contributed by atoms with Crippen molar-refractivity contribution in [3.8, 4) is 11.1 Å². The number of nitrogens with zero attached hydrogens (tertiary/aromatic N) is 2. The van der Waals surface area contributed by atoms with Crippen LogP contribution in [-0.4, -0.2) is 16.1 Å². The molecule has 0 saturated carbocycles. The van der Waals surface area contributed by atoms with Gasteiger partial charge in [0, 0.05) is 12.0 Å². The molecule has 0 aliphatic rings. The summed E-state index contributed by atoms with van der Waals surface area (Å²) in [7, 11) is 0. The lowest BCUT2D eigenvalue weighted by Crippen LogP contribution is -2.11. The van der Waals surface area contributed by atoms with Crippen LogP contribution in [0.5, 0.6) is 0 Å². The Morgan fingerprint density at radius 3 is 2.70 bits per heavy atom. The normalized spacial score (nSPS) is 10.9. The Balaban J connectivity index is 1.77. The van der Waals surface area contributed by atoms with Crippen LogP contribution in [0, 0.1) is 5.92 Å². The van der Waals surface area contributed by atoms with Crippen LogP contribution in [0.4, 0.5) is 5.13 Å². The van der Waals surface area contributed by atoms with Crippen LogP contribution in [0.1, 0.15) is 28.5 Å². The van der Waals surface area contributed by atoms with E-state index in [9.17, 15) is 4.79 Å². The predicted molar refractivity (Wildman–Crippen MR) is 96.2 cm³/mol. The minimum absolute atomic E-state index is 0.133. The van der Waals surface area contributed by atoms with Crippen LogP contribution >= 0.6 is 22.7 Å². The number of carbonyl (C=O) groups excluding carboxylic acids is 1. The molecule has 118 valence electrons. The van der Waals surface area contributed by atoms with Gasteiger partial charge in [-0.3, -0.25) is 10.1 Å². The fourth-order valence-corrected chi connectivity index (χ4v) is 3.98. The highest BCUT2D eigenvalue weighted by molar-refractivity contribution is 7.15. The Kier molecular flexibility index (Phi) is 4.83. The number of anilines is 1. The Hall–Kier alpha value is -2.05. The molecule has 0 fully saturated rings. The molecule has 0 atom stereocenters. The highest BCUT2D eigenvalue weighted by Gasteiger charge is 2.16. The maximum absolute atomic E-state index is 12.5. The SMILES string of the molecule is CC(C)Cc1nnc(NC(=O)c2sccc2-c2ccccc2)s1. The lowest BCUT2D eigenvalue weighted by molar-refractivity contribution is 0.103. The van der Waals surface area contributed by atoms with Crippen molar-refractivity contribution in [3.05, 3.63) is 51.7 Å². The standard InChI is InChI=1S/C17H17N3OS2/c1-11(2)10-14-19-20-17(23-14)18-16(21)15-13(8-9-22-15)12-6-4-3-5-7-12/h3-9,11H,10H2,1-2H3,(H,18,20,21). The Morgan fingerprint density at radius 1 is 1.17 bits per heavy atom. The Labute approximate surface area is 143 Å². The summed E-state index contributed by atoms with van der Waals surface area (Å²) >= 11 is 2.87. The third kappa shape index (κ3) is 3.83. The number of hydrogen-bond acceptors (Lipinski definition) is 5. The van der Waals surface area contributed by atoms with Gasteiger partial charge in [0.2, 0.25) is 5.13 Å². The number of aromatic nitrogens is 2. The second-order valence-corrected chi connectivity index (χ2v) is 7.56. The van der Waals surface area contributed by atoms with Crippen molar-refractivity contribution in [3.63, 3.8) is 0 Å². The van der Waals surface area contributed by atoms with E-state index in [1.54, 1.807) is 0 Å². The van der Waals surface area contributed by atoms with Crippen LogP contribution in [0.2, 0.25) is 0 Å². The van der Waals surface area contributed by atoms with Crippen LogP contribution in [0.25, 0.3) is 11.1 Å². The van der Waals surface area contributed by atoms with Gasteiger partial charge in [-0.25, -0.2) is 0 Å². The topological polar surface area (TPSA) is 54.9 Å². The van der Waals surface area contributed by atoms with E-state index in [2.05, 4.69) is 29.4 Å². The van der Waals surface area contributed by atoms with E-state index in [-0.39, 0.29) is 5.91 Å². The highest BCUT2D eigenvalue weighted by Crippen LogP contribution is 2.29. The van der Waals surface area contributed by atoms with Crippen molar-refractivity contribution in [1.29, 1.82) is 0 Å². The molecule has 23 heavy (non-hydrogen) atoms. The first kappa shape index (κ1) is 15.8. The quantitative estimate of drug-likeness (QED) is 0.729. The van der Waals surface area contributed by atoms with Crippen molar-refractivity contribution in [2.24, 2.45) is 5.92 Å². The van der Waals surface area contributed by atoms with Gasteiger partial charge in [0.15, 0.2) is 0 Å². The van der Waals surface area contributed by atoms with Crippen LogP contribution in [-0.2, 0) is 6.42 Å². The molecule has 1 amide bonds. The maximum atomic E-state index is 12.5. The molecule has 0 aliphatic carbocycles. The van der Waals surface area contributed by atoms with Gasteiger partial charge in [0.1, 0.15) is 9.88 Å². The lowest BCUT2D eigenvalue weighted by Gasteiger charge is -2.03. The molecule has 4 nitrogen and oxygen atoms in total. The Bertz CT molecular complexity index is 793. The Morgan fingerprint density at radius 2 is 1.96 bits per heavy atom. The van der Waals surface area contributed by atoms with Gasteiger partial charge in [-0.1, -0.05) is 55.5 Å². The van der Waals surface area contributed by atoms with E-state index in [0.29, 0.717) is 15.9 Å². The third-order valence-electron chi connectivity index (χ3n) is 3.23. The van der Waals surface area contributed by atoms with Crippen molar-refractivity contribution >= 4 is 33.7 Å². The van der Waals surface area contributed by atoms with Gasteiger partial charge in [0.05, 0.1) is 0 Å². The molecule has 0 spiro atoms. The predicted octanol–water partition coefficient (Wildman–Crippen LogP) is 4.72. The van der Waals surface area contributed by atoms with Crippen molar-refractivity contribution in [2.45, 2.75) is 20.3 Å². The van der Waals surface area contributed by atoms with E-state index < -0.39 is 0 Å². The molecular formula is C17H17N3OS2. The van der Waals surface area contributed by atoms with E-state index in [0.717, 1.165) is 22.6 Å². The summed E-state index contributed by atoms with van der Waals surface area (Å²) in [4.78, 5) is 13.2. The van der Waals surface area contributed by atoms with Gasteiger partial charge in [-0.05, 0) is 22.9 Å². The molecule has 6 heteroatoms. The van der Waals surface area contributed by atoms with E-state index in [1.165, 1.54) is 22.7 Å². The fraction of sp³-hybridized carbons (Fsp3) is 0.235. The zero-order valence-corrected chi connectivity index (χ0v) is 14.6. The lowest BCUT2D eigenvalue weighted by atomic mass is 10.1. The van der Waals surface area contributed by atoms with Crippen LogP contribution < -0.4 is 5.32 Å². The average molecular weight is 343 g/mol. The minimum atomic E-state index is -0.133. The highest BCUT2D eigenvalue weighted by atomic mass is 32.1. The summed E-state index contributed by atoms with van der Waals surface area (Å²) in [6.07, 6.45) is 0.877. The zero-order valence-electron chi connectivity index (χ0n) is 12.9. The van der Waals surface area contributed by atoms with Crippen LogP contribution in [0.3, 0.4) is 0 Å². The average Bonchev–Trinajstić information content (AvgIpc) is 3.17. The van der Waals surface area contributed by atoms with Gasteiger partial charge in [0.25, 0.3) is 5.91 Å². The second kappa shape index (κ2) is 7.02. The molecule has 3 aromatic rings. The number of hydrogen-bond donors (Lipinski definition) is 1. The molecule has 2 heterocycles. The second-order valence-electron chi connectivity index (χ2n) is 5.58. The molecule has 1 N–H and O–H groups in total. The number of benzene rings is 1. The summed E-state index contributed by atoms with van der Waals surface area (Å²) in [5.41, 5.74) is 1.98. The van der Waals surface area contributed by atoms with E-state index in [1.807, 2.05) is 41.8 Å². The van der Waals surface area contributed by atoms with E-state index >= 15 is 0 Å². The first-order chi connectivity index (χ1) is 11.1. The van der Waals surface area contributed by atoms with Gasteiger partial charge >= 0.3 is 0 Å². The molecule has 0 aliphatic heterocycles. The molecule has 1 aromatic carbocycles. The number of carbonyl (C=O) groups is 1. The maximum Gasteiger partial charge on any atom is 0.268 e. The van der Waals surface area contributed by atoms with Crippen molar-refractivity contribution in [1.82, 2.24) is 10.2 Å². The molecule has 0 radical (unpaired) electrons. The molecule has 0 bridgehead atoms. The zero-order chi connectivity index (χ0) is 16.2. The summed E-state index contributed by atoms with van der Waals surface area (Å²) in [5, 5.41) is 14.5. The minimum Gasteiger partial charge on any atom is -0.296 e. The molecule has 0 saturated heterocycles. The monoisotopic (exact) mass is 343 g/mol. The number of nitrogens with one attached hydrogen (secondary N) is 1. The summed E-state index contributed by atoms with van der Waals surface area (Å²) in [6, 6.07) is 11.9. The van der Waals surface area contributed by atoms with Gasteiger partial charge in [-0.2, -0.15) is 0 Å². The first-order valence-electron chi connectivity index (χ1n) is 7.40. The molecule has 3 rings (SSSR count). The summed E-state index contributed by atoms with van der Waals surface area (Å²) in [6.45, 7) is 4.27. The van der Waals surface area contributed by atoms with Gasteiger partial charge in [-0.15, -0.1) is 21.5 Å². The molecular weight excluding hydrogens is 326 g/mol. The van der Waals surface area contributed by atoms with Crippen LogP contribution in [0.15, 0.2) is 41.8 Å². The van der Waals surface area contributed by atoms with Crippen molar-refractivity contribution < 1.29 is 4.79 Å². The third-order valence-corrected chi connectivity index (χ3v) is 5.00. The van der Waals surface area contributed by atoms with Gasteiger partial charge < -0.3 is 0 Å². The number of thiophene rings is 1. The largest absolute Gasteiger partial charge is 0.296 e. The fourth-order valence-electron chi connectivity index (χ4n) is 2.22. The summed E-state index contributed by atoms with van der Waals surface area (Å²) in [5.74, 6) is 0.389. The first-order valence-corrected chi connectivity index (χ1v) is 9.09. The van der Waals surface area contributed by atoms with E-state index in [4.69, 9.17) is 0 Å². The molecule has 2 aromatic heterocycles. The smallest absolute Gasteiger partial charge is 0.268 e. The number of amides is 1. The number of rotatable bonds is 5. The molecule has 0 unspecified atom stereocenters. The summed E-state index contributed by atoms with van der Waals surface area (Å²) < 4.78 is 0. The van der Waals surface area contributed by atoms with Crippen molar-refractivity contribution in [2.75, 3.05) is 5.32 Å².